The van der Waals surface area contributed by atoms with Gasteiger partial charge in [0, 0.05) is 16.2 Å². The summed E-state index contributed by atoms with van der Waals surface area (Å²) >= 11 is 8.72. The molecule has 0 spiro atoms. The van der Waals surface area contributed by atoms with Crippen molar-refractivity contribution in [1.82, 2.24) is 0 Å². The number of halogens is 2. The Morgan fingerprint density at radius 2 is 2.27 bits per heavy atom. The minimum Gasteiger partial charge on any atom is -0.494 e. The lowest BCUT2D eigenvalue weighted by molar-refractivity contribution is -0.113. The summed E-state index contributed by atoms with van der Waals surface area (Å²) in [5.41, 5.74) is 0.665. The Morgan fingerprint density at radius 1 is 1.53 bits per heavy atom. The zero-order valence-electron chi connectivity index (χ0n) is 8.22. The van der Waals surface area contributed by atoms with E-state index in [1.165, 1.54) is 0 Å². The van der Waals surface area contributed by atoms with Gasteiger partial charge in [-0.25, -0.2) is 0 Å². The number of nitrogens with one attached hydrogen (secondary N) is 1. The largest absolute Gasteiger partial charge is 0.494 e. The average molecular weight is 293 g/mol. The lowest BCUT2D eigenvalue weighted by Crippen LogP contribution is -2.12. The van der Waals surface area contributed by atoms with E-state index in [-0.39, 0.29) is 11.8 Å². The molecule has 3 nitrogen and oxygen atoms in total. The van der Waals surface area contributed by atoms with Crippen LogP contribution in [0, 0.1) is 0 Å². The van der Waals surface area contributed by atoms with E-state index >= 15 is 0 Å². The first-order valence-corrected chi connectivity index (χ1v) is 5.77. The quantitative estimate of drug-likeness (QED) is 0.866. The van der Waals surface area contributed by atoms with Gasteiger partial charge in [0.1, 0.15) is 11.6 Å². The lowest BCUT2D eigenvalue weighted by atomic mass is 10.3. The molecule has 1 amide bonds. The van der Waals surface area contributed by atoms with Gasteiger partial charge < -0.3 is 10.1 Å². The van der Waals surface area contributed by atoms with Crippen LogP contribution in [-0.2, 0) is 4.79 Å². The number of carbonyl (C=O) groups is 1. The highest BCUT2D eigenvalue weighted by molar-refractivity contribution is 9.10. The Hall–Kier alpha value is -0.740. The smallest absolute Gasteiger partial charge is 0.239 e. The molecule has 15 heavy (non-hydrogen) atoms. The molecule has 5 heteroatoms. The van der Waals surface area contributed by atoms with Gasteiger partial charge in [0.25, 0.3) is 0 Å². The molecule has 0 fully saturated rings. The molecule has 0 aliphatic carbocycles. The number of anilines is 1. The first kappa shape index (κ1) is 12.3. The maximum atomic E-state index is 11.1. The summed E-state index contributed by atoms with van der Waals surface area (Å²) in [4.78, 5) is 11.1. The van der Waals surface area contributed by atoms with Crippen LogP contribution >= 0.6 is 27.5 Å². The number of alkyl halides is 1. The van der Waals surface area contributed by atoms with E-state index in [1.54, 1.807) is 12.1 Å². The summed E-state index contributed by atoms with van der Waals surface area (Å²) in [5, 5.41) is 2.65. The SMILES string of the molecule is CCOc1cc(Br)cc(NC(=O)CCl)c1. The van der Waals surface area contributed by atoms with E-state index in [2.05, 4.69) is 21.2 Å². The number of hydrogen-bond acceptors (Lipinski definition) is 2. The molecule has 0 aromatic heterocycles. The molecular weight excluding hydrogens is 281 g/mol. The van der Waals surface area contributed by atoms with Crippen LogP contribution in [0.2, 0.25) is 0 Å². The Kier molecular flexibility index (Phi) is 4.91. The predicted octanol–water partition coefficient (Wildman–Crippen LogP) is 3.03. The molecule has 0 atom stereocenters. The fraction of sp³-hybridized carbons (Fsp3) is 0.300. The van der Waals surface area contributed by atoms with Crippen molar-refractivity contribution in [3.05, 3.63) is 22.7 Å². The van der Waals surface area contributed by atoms with Crippen molar-refractivity contribution < 1.29 is 9.53 Å². The normalized spacial score (nSPS) is 9.80. The summed E-state index contributed by atoms with van der Waals surface area (Å²) < 4.78 is 6.17. The minimum absolute atomic E-state index is 0.0590. The molecule has 82 valence electrons. The van der Waals surface area contributed by atoms with Crippen molar-refractivity contribution in [2.75, 3.05) is 17.8 Å². The van der Waals surface area contributed by atoms with Crippen LogP contribution in [0.5, 0.6) is 5.75 Å². The number of ether oxygens (including phenoxy) is 1. The van der Waals surface area contributed by atoms with Crippen LogP contribution in [0.15, 0.2) is 22.7 Å². The average Bonchev–Trinajstić information content (AvgIpc) is 2.17. The number of amides is 1. The summed E-state index contributed by atoms with van der Waals surface area (Å²) in [7, 11) is 0. The summed E-state index contributed by atoms with van der Waals surface area (Å²) in [5.74, 6) is 0.408. The molecule has 1 rings (SSSR count). The van der Waals surface area contributed by atoms with Gasteiger partial charge in [-0.3, -0.25) is 4.79 Å². The van der Waals surface area contributed by atoms with E-state index in [9.17, 15) is 4.79 Å². The minimum atomic E-state index is -0.239. The monoisotopic (exact) mass is 291 g/mol. The molecule has 0 aliphatic rings. The third-order valence-corrected chi connectivity index (χ3v) is 2.29. The second kappa shape index (κ2) is 5.98. The van der Waals surface area contributed by atoms with Crippen molar-refractivity contribution >= 4 is 39.1 Å². The molecule has 1 N–H and O–H groups in total. The first-order valence-electron chi connectivity index (χ1n) is 4.45. The summed E-state index contributed by atoms with van der Waals surface area (Å²) in [6.07, 6.45) is 0. The maximum absolute atomic E-state index is 11.1. The van der Waals surface area contributed by atoms with Gasteiger partial charge in [-0.2, -0.15) is 0 Å². The molecule has 1 aromatic carbocycles. The molecule has 0 aliphatic heterocycles. The number of carbonyl (C=O) groups excluding carboxylic acids is 1. The van der Waals surface area contributed by atoms with Gasteiger partial charge in [0.2, 0.25) is 5.91 Å². The van der Waals surface area contributed by atoms with Crippen LogP contribution in [0.1, 0.15) is 6.92 Å². The maximum Gasteiger partial charge on any atom is 0.239 e. The lowest BCUT2D eigenvalue weighted by Gasteiger charge is -2.08. The zero-order chi connectivity index (χ0) is 11.3. The van der Waals surface area contributed by atoms with E-state index in [0.29, 0.717) is 18.0 Å². The fourth-order valence-electron chi connectivity index (χ4n) is 1.08. The van der Waals surface area contributed by atoms with Crippen molar-refractivity contribution in [2.24, 2.45) is 0 Å². The Morgan fingerprint density at radius 3 is 2.87 bits per heavy atom. The van der Waals surface area contributed by atoms with Crippen LogP contribution in [0.25, 0.3) is 0 Å². The predicted molar refractivity (Wildman–Crippen MR) is 64.7 cm³/mol. The Bertz CT molecular complexity index is 357. The molecule has 0 saturated carbocycles. The van der Waals surface area contributed by atoms with Crippen LogP contribution in [-0.4, -0.2) is 18.4 Å². The van der Waals surface area contributed by atoms with Crippen molar-refractivity contribution in [1.29, 1.82) is 0 Å². The van der Waals surface area contributed by atoms with E-state index < -0.39 is 0 Å². The second-order valence-corrected chi connectivity index (χ2v) is 3.97. The van der Waals surface area contributed by atoms with Gasteiger partial charge >= 0.3 is 0 Å². The molecule has 0 unspecified atom stereocenters. The fourth-order valence-corrected chi connectivity index (χ4v) is 1.62. The van der Waals surface area contributed by atoms with Crippen LogP contribution in [0.4, 0.5) is 5.69 Å². The second-order valence-electron chi connectivity index (χ2n) is 2.79. The summed E-state index contributed by atoms with van der Waals surface area (Å²) in [6.45, 7) is 2.48. The van der Waals surface area contributed by atoms with Gasteiger partial charge in [-0.1, -0.05) is 15.9 Å². The standard InChI is InChI=1S/C10H11BrClNO2/c1-2-15-9-4-7(11)3-8(5-9)13-10(14)6-12/h3-5H,2,6H2,1H3,(H,13,14). The van der Waals surface area contributed by atoms with Crippen molar-refractivity contribution in [2.45, 2.75) is 6.92 Å². The van der Waals surface area contributed by atoms with Crippen molar-refractivity contribution in [3.8, 4) is 5.75 Å². The van der Waals surface area contributed by atoms with E-state index in [1.807, 2.05) is 13.0 Å². The van der Waals surface area contributed by atoms with Crippen molar-refractivity contribution in [3.63, 3.8) is 0 Å². The number of benzene rings is 1. The Labute approximate surface area is 102 Å². The van der Waals surface area contributed by atoms with Gasteiger partial charge in [0.15, 0.2) is 0 Å². The molecule has 0 bridgehead atoms. The van der Waals surface area contributed by atoms with Gasteiger partial charge in [0.05, 0.1) is 6.61 Å². The van der Waals surface area contributed by atoms with E-state index in [0.717, 1.165) is 4.47 Å². The molecule has 0 saturated heterocycles. The molecule has 0 radical (unpaired) electrons. The number of rotatable bonds is 4. The number of hydrogen-bond donors (Lipinski definition) is 1. The zero-order valence-corrected chi connectivity index (χ0v) is 10.6. The molecule has 1 aromatic rings. The Balaban J connectivity index is 2.83. The highest BCUT2D eigenvalue weighted by Crippen LogP contribution is 2.24. The highest BCUT2D eigenvalue weighted by Gasteiger charge is 2.03. The van der Waals surface area contributed by atoms with Crippen LogP contribution in [0.3, 0.4) is 0 Å². The topological polar surface area (TPSA) is 38.3 Å². The van der Waals surface area contributed by atoms with E-state index in [4.69, 9.17) is 16.3 Å². The third kappa shape index (κ3) is 4.10. The summed E-state index contributed by atoms with van der Waals surface area (Å²) in [6, 6.07) is 5.37. The molecular formula is C10H11BrClNO2. The van der Waals surface area contributed by atoms with Crippen LogP contribution < -0.4 is 10.1 Å². The first-order chi connectivity index (χ1) is 7.15. The molecule has 0 heterocycles. The highest BCUT2D eigenvalue weighted by atomic mass is 79.9. The third-order valence-electron chi connectivity index (χ3n) is 1.59. The van der Waals surface area contributed by atoms with Gasteiger partial charge in [-0.15, -0.1) is 11.6 Å². The van der Waals surface area contributed by atoms with Gasteiger partial charge in [-0.05, 0) is 19.1 Å².